The van der Waals surface area contributed by atoms with Crippen molar-refractivity contribution >= 4 is 140 Å². The van der Waals surface area contributed by atoms with E-state index in [1.54, 1.807) is 91.1 Å². The number of H-pyrrole nitrogens is 1. The van der Waals surface area contributed by atoms with Crippen LogP contribution >= 0.6 is 11.8 Å². The summed E-state index contributed by atoms with van der Waals surface area (Å²) in [5, 5.41) is 57.0. The quantitative estimate of drug-likeness (QED) is 0.0166. The number of amides is 17. The maximum absolute atomic E-state index is 15.9. The van der Waals surface area contributed by atoms with Gasteiger partial charge in [-0.2, -0.15) is 11.8 Å². The number of ether oxygens (including phenoxy) is 2. The second-order valence-electron chi connectivity index (χ2n) is 31.2. The van der Waals surface area contributed by atoms with E-state index in [0.29, 0.717) is 51.3 Å². The Labute approximate surface area is 722 Å². The molecular weight excluding hydrogens is 1650 g/mol. The van der Waals surface area contributed by atoms with Gasteiger partial charge in [0.2, 0.25) is 100 Å². The fraction of sp³-hybridized carbons (Fsp3) is 0.494. The Balaban J connectivity index is 1.18. The predicted octanol–water partition coefficient (Wildman–Crippen LogP) is -4.18. The van der Waals surface area contributed by atoms with E-state index in [2.05, 4.69) is 74.1 Å². The molecule has 0 radical (unpaired) electrons. The van der Waals surface area contributed by atoms with Gasteiger partial charge in [-0.05, 0) is 96.9 Å². The molecule has 8 rings (SSSR count). The standard InChI is InChI=1S/C83H111N19O22S/c1-44(103)70-81(121)98-62(39-50-42-90-54-15-9-8-14-53(50)54)77(117)93-55(22-25-65(84)105)72(112)99-64(43-125-35-28-58(91-45(2)104)74(114)92-56(75(115)101-70)23-26-66(85)106)79(119)95-60(37-46-17-20-52(21-18-46)124-34-31-89-51-12-4-3-5-13-51)76(116)96-61(38-47-16-19-48-10-6-7-11-49(48)36-47)80(120)102-83(29-32-123-33-30-83)82(122)100-57(24-27-69(109)110)73(113)97-63(41-68(87)108)78(118)94-59(71(88)111)40-67(86)107/h6-11,14-21,36,42,44,51,55-64,70,89-90,103H,3-5,12-13,22-35,37-41,43H2,1-2H3,(H2,84,105)(H2,85,106)(H2,86,107)(H2,87,108)(H2,88,111)(H,91,104)(H,92,114)(H,93,117)(H,94,118)(H,95,119)(H,96,116)(H,97,113)(H,98,121)(H,99,112)(H,100,122)(H,101,115)(H,102,120)(H,109,110). The number of nitrogens with one attached hydrogen (secondary N) is 14. The first-order valence-corrected chi connectivity index (χ1v) is 42.3. The molecular formula is C83H111N19O22S. The first-order chi connectivity index (χ1) is 59.5. The summed E-state index contributed by atoms with van der Waals surface area (Å²) in [6.07, 6.45) is -2.15. The maximum atomic E-state index is 15.9. The van der Waals surface area contributed by atoms with E-state index in [1.807, 2.05) is 6.07 Å². The van der Waals surface area contributed by atoms with Gasteiger partial charge in [-0.15, -0.1) is 0 Å². The molecule has 17 amide bonds. The fourth-order valence-corrected chi connectivity index (χ4v) is 15.6. The number of thioether (sulfide) groups is 1. The Morgan fingerprint density at radius 3 is 1.79 bits per heavy atom. The van der Waals surface area contributed by atoms with Crippen molar-refractivity contribution in [3.05, 3.63) is 114 Å². The van der Waals surface area contributed by atoms with Gasteiger partial charge in [-0.3, -0.25) is 86.3 Å². The van der Waals surface area contributed by atoms with Crippen LogP contribution in [0.4, 0.5) is 0 Å². The lowest BCUT2D eigenvalue weighted by Crippen LogP contribution is -2.67. The van der Waals surface area contributed by atoms with Crippen LogP contribution in [0.25, 0.3) is 21.7 Å². The highest BCUT2D eigenvalue weighted by atomic mass is 32.2. The van der Waals surface area contributed by atoms with Crippen molar-refractivity contribution in [1.29, 1.82) is 0 Å². The number of aromatic nitrogens is 1. The van der Waals surface area contributed by atoms with Crippen LogP contribution in [0.2, 0.25) is 0 Å². The van der Waals surface area contributed by atoms with Crippen LogP contribution in [0.1, 0.15) is 133 Å². The van der Waals surface area contributed by atoms with Crippen molar-refractivity contribution in [2.75, 3.05) is 37.9 Å². The van der Waals surface area contributed by atoms with E-state index in [4.69, 9.17) is 38.1 Å². The number of carboxylic acids is 1. The van der Waals surface area contributed by atoms with E-state index < -0.39 is 248 Å². The number of primary amides is 5. The number of aliphatic carboxylic acids is 1. The van der Waals surface area contributed by atoms with Crippen LogP contribution in [-0.4, -0.2) is 244 Å². The molecule has 2 aliphatic heterocycles. The van der Waals surface area contributed by atoms with E-state index in [9.17, 15) is 67.7 Å². The SMILES string of the molecule is CC(=O)NC1CCSCC(C(=O)NC(Cc2ccc(OCCNC3CCCCC3)cc2)C(=O)NC(Cc2ccc3ccccc3c2)C(=O)NC2(C(=O)NC(CCC(=O)O)C(=O)NC(CC(N)=O)C(=O)NC(CC(N)=O)C(N)=O)CCOCC2)NC(=O)C(CCC(N)=O)NC(=O)C(Cc2c[nH]c3ccccc23)NC(=O)C(C(C)O)NC(=O)C(CCC(N)=O)NC1=O. The number of carbonyl (C=O) groups is 18. The normalized spacial score (nSPS) is 20.2. The van der Waals surface area contributed by atoms with Crippen molar-refractivity contribution < 1.29 is 106 Å². The predicted molar refractivity (Wildman–Crippen MR) is 452 cm³/mol. The monoisotopic (exact) mass is 1760 g/mol. The third-order valence-electron chi connectivity index (χ3n) is 21.4. The van der Waals surface area contributed by atoms with Crippen LogP contribution in [0.5, 0.6) is 5.75 Å². The molecule has 12 atom stereocenters. The van der Waals surface area contributed by atoms with Gasteiger partial charge in [-0.25, -0.2) is 0 Å². The molecule has 0 spiro atoms. The average molecular weight is 1760 g/mol. The van der Waals surface area contributed by atoms with Crippen LogP contribution in [-0.2, 0) is 110 Å². The maximum Gasteiger partial charge on any atom is 0.303 e. The smallest absolute Gasteiger partial charge is 0.303 e. The molecule has 676 valence electrons. The van der Waals surface area contributed by atoms with E-state index in [1.165, 1.54) is 0 Å². The summed E-state index contributed by atoms with van der Waals surface area (Å²) >= 11 is 0.918. The second kappa shape index (κ2) is 47.7. The first kappa shape index (κ1) is 97.6. The Morgan fingerprint density at radius 2 is 1.15 bits per heavy atom. The van der Waals surface area contributed by atoms with Crippen molar-refractivity contribution in [1.82, 2.24) is 74.1 Å². The molecule has 1 saturated carbocycles. The zero-order valence-corrected chi connectivity index (χ0v) is 70.1. The third-order valence-corrected chi connectivity index (χ3v) is 22.5. The lowest BCUT2D eigenvalue weighted by atomic mass is 9.87. The van der Waals surface area contributed by atoms with Gasteiger partial charge in [0.05, 0.1) is 18.9 Å². The molecule has 4 aromatic carbocycles. The topological polar surface area (TPSA) is 668 Å². The number of fused-ring (bicyclic) bond motifs is 2. The minimum atomic E-state index is -2.09. The molecule has 26 N–H and O–H groups in total. The molecule has 42 heteroatoms. The number of hydrogen-bond acceptors (Lipinski definition) is 23. The largest absolute Gasteiger partial charge is 0.492 e. The molecule has 12 unspecified atom stereocenters. The van der Waals surface area contributed by atoms with Crippen LogP contribution in [0.15, 0.2) is 97.2 Å². The van der Waals surface area contributed by atoms with Gasteiger partial charge in [0, 0.05) is 107 Å². The number of benzene rings is 4. The number of rotatable bonds is 39. The van der Waals surface area contributed by atoms with Crippen LogP contribution < -0.4 is 103 Å². The molecule has 3 heterocycles. The highest BCUT2D eigenvalue weighted by Gasteiger charge is 2.46. The van der Waals surface area contributed by atoms with Crippen molar-refractivity contribution in [3.63, 3.8) is 0 Å². The molecule has 5 aromatic rings. The number of para-hydroxylation sites is 1. The summed E-state index contributed by atoms with van der Waals surface area (Å²) in [6.45, 7) is 2.60. The van der Waals surface area contributed by atoms with Gasteiger partial charge in [0.25, 0.3) is 0 Å². The molecule has 2 saturated heterocycles. The molecule has 0 bridgehead atoms. The number of aromatic amines is 1. The lowest BCUT2D eigenvalue weighted by Gasteiger charge is -2.38. The van der Waals surface area contributed by atoms with Gasteiger partial charge in [0.1, 0.15) is 84.4 Å². The lowest BCUT2D eigenvalue weighted by molar-refractivity contribution is -0.142. The Hall–Kier alpha value is -12.8. The Morgan fingerprint density at radius 1 is 0.584 bits per heavy atom. The first-order valence-electron chi connectivity index (χ1n) is 41.1. The van der Waals surface area contributed by atoms with E-state index >= 15 is 28.8 Å². The minimum Gasteiger partial charge on any atom is -0.492 e. The van der Waals surface area contributed by atoms with Crippen LogP contribution in [0, 0.1) is 0 Å². The zero-order chi connectivity index (χ0) is 91.0. The minimum absolute atomic E-state index is 0.156. The van der Waals surface area contributed by atoms with Crippen LogP contribution in [0.3, 0.4) is 0 Å². The number of carboxylic acid groups (broad SMARTS) is 1. The summed E-state index contributed by atoms with van der Waals surface area (Å²) in [6, 6.07) is 6.63. The summed E-state index contributed by atoms with van der Waals surface area (Å²) in [5.74, 6) is -20.1. The van der Waals surface area contributed by atoms with E-state index in [-0.39, 0.29) is 57.7 Å². The molecule has 3 aliphatic rings. The van der Waals surface area contributed by atoms with E-state index in [0.717, 1.165) is 63.1 Å². The number of aliphatic hydroxyl groups is 1. The fourth-order valence-electron chi connectivity index (χ4n) is 14.6. The summed E-state index contributed by atoms with van der Waals surface area (Å²) in [4.78, 5) is 254. The third kappa shape index (κ3) is 30.9. The van der Waals surface area contributed by atoms with Crippen molar-refractivity contribution in [3.8, 4) is 5.75 Å². The summed E-state index contributed by atoms with van der Waals surface area (Å²) < 4.78 is 11.8. The Bertz CT molecular complexity index is 4730. The molecule has 3 fully saturated rings. The van der Waals surface area contributed by atoms with Gasteiger partial charge in [0.15, 0.2) is 0 Å². The Kier molecular flexibility index (Phi) is 37.3. The molecule has 41 nitrogen and oxygen atoms in total. The van der Waals surface area contributed by atoms with Gasteiger partial charge in [-0.1, -0.05) is 92.1 Å². The van der Waals surface area contributed by atoms with Gasteiger partial charge >= 0.3 is 5.97 Å². The average Bonchev–Trinajstić information content (AvgIpc) is 1.80. The highest BCUT2D eigenvalue weighted by Crippen LogP contribution is 2.26. The molecule has 1 aliphatic carbocycles. The van der Waals surface area contributed by atoms with Gasteiger partial charge < -0.3 is 122 Å². The summed E-state index contributed by atoms with van der Waals surface area (Å²) in [5.41, 5.74) is 27.0. The molecule has 1 aromatic heterocycles. The second-order valence-corrected chi connectivity index (χ2v) is 32.3. The number of hydrogen-bond donors (Lipinski definition) is 21. The highest BCUT2D eigenvalue weighted by molar-refractivity contribution is 7.99. The van der Waals surface area contributed by atoms with Crippen molar-refractivity contribution in [2.45, 2.75) is 220 Å². The summed E-state index contributed by atoms with van der Waals surface area (Å²) in [7, 11) is 0. The molecule has 125 heavy (non-hydrogen) atoms. The number of nitrogens with two attached hydrogens (primary N) is 5. The number of carbonyl (C=O) groups excluding carboxylic acids is 17. The zero-order valence-electron chi connectivity index (χ0n) is 69.3. The number of aliphatic hydroxyl groups excluding tert-OH is 1. The van der Waals surface area contributed by atoms with Crippen molar-refractivity contribution in [2.24, 2.45) is 28.7 Å².